The quantitative estimate of drug-likeness (QED) is 0.668. The Balaban J connectivity index is 1.56. The largest absolute Gasteiger partial charge is 0.485 e. The number of alkyl halides is 3. The Labute approximate surface area is 147 Å². The van der Waals surface area contributed by atoms with Gasteiger partial charge in [0, 0.05) is 17.9 Å². The van der Waals surface area contributed by atoms with E-state index in [4.69, 9.17) is 4.74 Å². The van der Waals surface area contributed by atoms with Gasteiger partial charge in [0.1, 0.15) is 18.9 Å². The highest BCUT2D eigenvalue weighted by molar-refractivity contribution is 5.90. The summed E-state index contributed by atoms with van der Waals surface area (Å²) in [5, 5.41) is 1.06. The number of hydrogen-bond donors (Lipinski definition) is 1. The molecule has 0 spiro atoms. The van der Waals surface area contributed by atoms with Gasteiger partial charge in [-0.15, -0.1) is 0 Å². The predicted molar refractivity (Wildman–Crippen MR) is 92.7 cm³/mol. The topological polar surface area (TPSA) is 54.5 Å². The van der Waals surface area contributed by atoms with Crippen molar-refractivity contribution < 1.29 is 22.7 Å². The summed E-state index contributed by atoms with van der Waals surface area (Å²) >= 11 is 0. The lowest BCUT2D eigenvalue weighted by atomic mass is 10.2. The highest BCUT2D eigenvalue weighted by atomic mass is 19.4. The number of hydrogen-bond acceptors (Lipinski definition) is 3. The van der Waals surface area contributed by atoms with Gasteiger partial charge in [0.05, 0.1) is 5.56 Å². The van der Waals surface area contributed by atoms with E-state index in [1.165, 1.54) is 18.2 Å². The molecular formula is C19H15F3N2O2. The molecule has 0 saturated heterocycles. The van der Waals surface area contributed by atoms with E-state index in [1.807, 2.05) is 30.5 Å². The van der Waals surface area contributed by atoms with Gasteiger partial charge in [0.25, 0.3) is 0 Å². The van der Waals surface area contributed by atoms with Crippen molar-refractivity contribution in [3.05, 3.63) is 65.9 Å². The summed E-state index contributed by atoms with van der Waals surface area (Å²) in [6.07, 6.45) is -1.17. The lowest BCUT2D eigenvalue weighted by molar-refractivity contribution is -0.139. The maximum Gasteiger partial charge on any atom is 0.419 e. The number of halogens is 3. The average Bonchev–Trinajstić information content (AvgIpc) is 3.07. The van der Waals surface area contributed by atoms with Crippen molar-refractivity contribution >= 4 is 22.9 Å². The Morgan fingerprint density at radius 2 is 1.96 bits per heavy atom. The van der Waals surface area contributed by atoms with Crippen LogP contribution in [0.25, 0.3) is 10.9 Å². The van der Waals surface area contributed by atoms with Crippen LogP contribution in [0.15, 0.2) is 59.7 Å². The third-order valence-corrected chi connectivity index (χ3v) is 3.67. The number of fused-ring (bicyclic) bond motifs is 1. The van der Waals surface area contributed by atoms with Gasteiger partial charge in [-0.1, -0.05) is 24.3 Å². The van der Waals surface area contributed by atoms with E-state index in [1.54, 1.807) is 6.21 Å². The second kappa shape index (κ2) is 7.43. The number of para-hydroxylation sites is 1. The number of nitrogens with zero attached hydrogens (tertiary/aromatic N) is 1. The minimum absolute atomic E-state index is 0.170. The standard InChI is InChI=1S/C19H15F3N2O2/c20-19(21,22)16-3-1-2-4-18(16)26-12-15(25)11-23-10-13-5-6-14-7-8-24-17(14)9-13/h1-10,24H,11-12H2. The monoisotopic (exact) mass is 360 g/mol. The van der Waals surface area contributed by atoms with Crippen molar-refractivity contribution in [2.75, 3.05) is 13.2 Å². The smallest absolute Gasteiger partial charge is 0.419 e. The number of aromatic amines is 1. The van der Waals surface area contributed by atoms with Crippen molar-refractivity contribution in [1.29, 1.82) is 0 Å². The fourth-order valence-corrected chi connectivity index (χ4v) is 2.43. The fourth-order valence-electron chi connectivity index (χ4n) is 2.43. The van der Waals surface area contributed by atoms with Gasteiger partial charge in [0.15, 0.2) is 5.78 Å². The maximum atomic E-state index is 12.9. The Morgan fingerprint density at radius 3 is 2.77 bits per heavy atom. The average molecular weight is 360 g/mol. The number of carbonyl (C=O) groups is 1. The second-order valence-corrected chi connectivity index (χ2v) is 5.62. The summed E-state index contributed by atoms with van der Waals surface area (Å²) in [4.78, 5) is 18.9. The van der Waals surface area contributed by atoms with Crippen LogP contribution in [-0.4, -0.2) is 30.1 Å². The van der Waals surface area contributed by atoms with E-state index < -0.39 is 24.1 Å². The Morgan fingerprint density at radius 1 is 1.15 bits per heavy atom. The van der Waals surface area contributed by atoms with Crippen LogP contribution >= 0.6 is 0 Å². The summed E-state index contributed by atoms with van der Waals surface area (Å²) in [6, 6.07) is 12.4. The van der Waals surface area contributed by atoms with Crippen LogP contribution in [0.3, 0.4) is 0 Å². The summed E-state index contributed by atoms with van der Waals surface area (Å²) in [6.45, 7) is -0.642. The number of H-pyrrole nitrogens is 1. The SMILES string of the molecule is O=C(CN=Cc1ccc2cc[nH]c2c1)COc1ccccc1C(F)(F)F. The molecule has 0 amide bonds. The van der Waals surface area contributed by atoms with Gasteiger partial charge in [-0.05, 0) is 35.2 Å². The molecule has 0 aliphatic rings. The van der Waals surface area contributed by atoms with Crippen LogP contribution in [0.5, 0.6) is 5.75 Å². The first-order valence-electron chi connectivity index (χ1n) is 7.81. The van der Waals surface area contributed by atoms with Crippen LogP contribution in [-0.2, 0) is 11.0 Å². The molecule has 0 fully saturated rings. The van der Waals surface area contributed by atoms with Crippen molar-refractivity contribution in [3.63, 3.8) is 0 Å². The molecule has 134 valence electrons. The molecule has 2 aromatic carbocycles. The van der Waals surface area contributed by atoms with Gasteiger partial charge in [-0.3, -0.25) is 9.79 Å². The molecule has 1 N–H and O–H groups in total. The maximum absolute atomic E-state index is 12.9. The fraction of sp³-hybridized carbons (Fsp3) is 0.158. The van der Waals surface area contributed by atoms with Crippen molar-refractivity contribution in [3.8, 4) is 5.75 Å². The van der Waals surface area contributed by atoms with Crippen LogP contribution in [0.2, 0.25) is 0 Å². The van der Waals surface area contributed by atoms with Gasteiger partial charge < -0.3 is 9.72 Å². The predicted octanol–water partition coefficient (Wildman–Crippen LogP) is 4.25. The lowest BCUT2D eigenvalue weighted by Crippen LogP contribution is -2.16. The van der Waals surface area contributed by atoms with E-state index in [-0.39, 0.29) is 12.3 Å². The van der Waals surface area contributed by atoms with Gasteiger partial charge >= 0.3 is 6.18 Å². The molecule has 4 nitrogen and oxygen atoms in total. The number of nitrogens with one attached hydrogen (secondary N) is 1. The molecule has 26 heavy (non-hydrogen) atoms. The zero-order chi connectivity index (χ0) is 18.6. The van der Waals surface area contributed by atoms with Crippen LogP contribution in [0.1, 0.15) is 11.1 Å². The third kappa shape index (κ3) is 4.30. The Kier molecular flexibility index (Phi) is 5.06. The van der Waals surface area contributed by atoms with E-state index in [0.29, 0.717) is 0 Å². The zero-order valence-electron chi connectivity index (χ0n) is 13.6. The highest BCUT2D eigenvalue weighted by Crippen LogP contribution is 2.35. The normalized spacial score (nSPS) is 12.0. The lowest BCUT2D eigenvalue weighted by Gasteiger charge is -2.12. The third-order valence-electron chi connectivity index (χ3n) is 3.67. The minimum atomic E-state index is -4.53. The molecule has 0 unspecified atom stereocenters. The number of rotatable bonds is 6. The van der Waals surface area contributed by atoms with Crippen LogP contribution in [0, 0.1) is 0 Å². The number of aromatic nitrogens is 1. The summed E-state index contributed by atoms with van der Waals surface area (Å²) < 4.78 is 43.6. The molecule has 0 aliphatic heterocycles. The summed E-state index contributed by atoms with van der Waals surface area (Å²) in [5.74, 6) is -0.784. The molecule has 0 atom stereocenters. The number of benzene rings is 2. The Bertz CT molecular complexity index is 945. The number of ketones is 1. The second-order valence-electron chi connectivity index (χ2n) is 5.62. The molecule has 3 aromatic rings. The molecule has 1 heterocycles. The van der Waals surface area contributed by atoms with Crippen LogP contribution in [0.4, 0.5) is 13.2 Å². The summed E-state index contributed by atoms with van der Waals surface area (Å²) in [7, 11) is 0. The molecule has 0 bridgehead atoms. The molecule has 1 aromatic heterocycles. The van der Waals surface area contributed by atoms with Gasteiger partial charge in [0.2, 0.25) is 0 Å². The first-order chi connectivity index (χ1) is 12.4. The van der Waals surface area contributed by atoms with E-state index in [2.05, 4.69) is 9.98 Å². The molecule has 0 radical (unpaired) electrons. The van der Waals surface area contributed by atoms with Crippen LogP contribution < -0.4 is 4.74 Å². The zero-order valence-corrected chi connectivity index (χ0v) is 13.6. The Hall–Kier alpha value is -3.09. The van der Waals surface area contributed by atoms with Crippen molar-refractivity contribution in [2.24, 2.45) is 4.99 Å². The molecular weight excluding hydrogens is 345 g/mol. The van der Waals surface area contributed by atoms with E-state index in [9.17, 15) is 18.0 Å². The van der Waals surface area contributed by atoms with Crippen molar-refractivity contribution in [1.82, 2.24) is 4.98 Å². The molecule has 3 rings (SSSR count). The minimum Gasteiger partial charge on any atom is -0.485 e. The van der Waals surface area contributed by atoms with Gasteiger partial charge in [-0.25, -0.2) is 0 Å². The molecule has 0 saturated carbocycles. The first kappa shape index (κ1) is 17.7. The number of Topliss-reactive ketones (excluding diaryl/α,β-unsaturated/α-hetero) is 1. The van der Waals surface area contributed by atoms with Crippen molar-refractivity contribution in [2.45, 2.75) is 6.18 Å². The summed E-state index contributed by atoms with van der Waals surface area (Å²) in [5.41, 5.74) is 0.860. The number of carbonyl (C=O) groups excluding carboxylic acids is 1. The van der Waals surface area contributed by atoms with E-state index in [0.717, 1.165) is 22.5 Å². The van der Waals surface area contributed by atoms with E-state index >= 15 is 0 Å². The number of aliphatic imine (C=N–C) groups is 1. The van der Waals surface area contributed by atoms with Gasteiger partial charge in [-0.2, -0.15) is 13.2 Å². The molecule has 0 aliphatic carbocycles. The first-order valence-corrected chi connectivity index (χ1v) is 7.81. The number of ether oxygens (including phenoxy) is 1. The highest BCUT2D eigenvalue weighted by Gasteiger charge is 2.34. The molecule has 7 heteroatoms.